The predicted octanol–water partition coefficient (Wildman–Crippen LogP) is 0.493. The summed E-state index contributed by atoms with van der Waals surface area (Å²) in [5, 5.41) is -0.353. The molecule has 0 spiro atoms. The van der Waals surface area contributed by atoms with E-state index in [-0.39, 0.29) is 23.0 Å². The first-order valence-electron chi connectivity index (χ1n) is 6.16. The highest BCUT2D eigenvalue weighted by Crippen LogP contribution is 2.32. The van der Waals surface area contributed by atoms with Crippen LogP contribution in [0.25, 0.3) is 6.08 Å². The first-order chi connectivity index (χ1) is 9.06. The van der Waals surface area contributed by atoms with E-state index in [1.165, 1.54) is 6.08 Å². The number of carbonyl (C=O) groups is 1. The summed E-state index contributed by atoms with van der Waals surface area (Å²) in [5.41, 5.74) is 0.854. The van der Waals surface area contributed by atoms with Crippen LogP contribution in [-0.4, -0.2) is 47.8 Å². The third-order valence-corrected chi connectivity index (χ3v) is 5.90. The van der Waals surface area contributed by atoms with E-state index < -0.39 is 9.84 Å². The summed E-state index contributed by atoms with van der Waals surface area (Å²) in [6, 6.07) is 3.52. The fraction of sp³-hybridized carbons (Fsp3) is 0.385. The molecule has 1 amide bonds. The van der Waals surface area contributed by atoms with E-state index in [9.17, 15) is 13.2 Å². The van der Waals surface area contributed by atoms with E-state index in [0.717, 1.165) is 5.56 Å². The SMILES string of the molecule is O=C(/C=C/c1cccnc1)N1C[C@H]2C[C@H]1CS2(=O)=O. The number of aromatic nitrogens is 1. The van der Waals surface area contributed by atoms with Crippen molar-refractivity contribution < 1.29 is 13.2 Å². The lowest BCUT2D eigenvalue weighted by atomic mass is 10.2. The van der Waals surface area contributed by atoms with Gasteiger partial charge in [0.05, 0.1) is 11.0 Å². The van der Waals surface area contributed by atoms with Crippen LogP contribution in [-0.2, 0) is 14.6 Å². The molecule has 2 bridgehead atoms. The number of likely N-dealkylation sites (tertiary alicyclic amines) is 1. The standard InChI is InChI=1S/C13H14N2O3S/c16-13(4-3-10-2-1-5-14-7-10)15-8-12-6-11(15)9-19(12,17)18/h1-5,7,11-12H,6,8-9H2/b4-3+/t11-,12+/m0/s1. The first-order valence-corrected chi connectivity index (χ1v) is 7.88. The van der Waals surface area contributed by atoms with Gasteiger partial charge in [0.1, 0.15) is 0 Å². The molecular formula is C13H14N2O3S. The summed E-state index contributed by atoms with van der Waals surface area (Å²) < 4.78 is 23.2. The van der Waals surface area contributed by atoms with Crippen LogP contribution in [0.1, 0.15) is 12.0 Å². The van der Waals surface area contributed by atoms with Gasteiger partial charge in [0.2, 0.25) is 5.91 Å². The minimum Gasteiger partial charge on any atom is -0.334 e. The summed E-state index contributed by atoms with van der Waals surface area (Å²) in [5.74, 6) is -0.00399. The number of hydrogen-bond acceptors (Lipinski definition) is 4. The highest BCUT2D eigenvalue weighted by Gasteiger charge is 2.49. The number of carbonyl (C=O) groups excluding carboxylic acids is 1. The molecule has 3 heterocycles. The Morgan fingerprint density at radius 2 is 2.32 bits per heavy atom. The normalized spacial score (nSPS) is 28.1. The minimum absolute atomic E-state index is 0.115. The van der Waals surface area contributed by atoms with Crippen LogP contribution in [0.2, 0.25) is 0 Å². The second-order valence-electron chi connectivity index (χ2n) is 4.95. The van der Waals surface area contributed by atoms with Crippen LogP contribution in [0.15, 0.2) is 30.6 Å². The zero-order valence-electron chi connectivity index (χ0n) is 10.3. The summed E-state index contributed by atoms with van der Waals surface area (Å²) in [6.07, 6.45) is 7.13. The van der Waals surface area contributed by atoms with Crippen molar-refractivity contribution in [1.29, 1.82) is 0 Å². The van der Waals surface area contributed by atoms with Gasteiger partial charge >= 0.3 is 0 Å². The van der Waals surface area contributed by atoms with Crippen LogP contribution in [0.4, 0.5) is 0 Å². The number of hydrogen-bond donors (Lipinski definition) is 0. The van der Waals surface area contributed by atoms with Crippen molar-refractivity contribution >= 4 is 21.8 Å². The van der Waals surface area contributed by atoms with E-state index >= 15 is 0 Å². The van der Waals surface area contributed by atoms with Gasteiger partial charge in [0.25, 0.3) is 0 Å². The molecule has 5 nitrogen and oxygen atoms in total. The van der Waals surface area contributed by atoms with Gasteiger partial charge in [-0.25, -0.2) is 8.42 Å². The fourth-order valence-corrected chi connectivity index (χ4v) is 4.73. The molecular weight excluding hydrogens is 264 g/mol. The number of amides is 1. The number of nitrogens with zero attached hydrogens (tertiary/aromatic N) is 2. The highest BCUT2D eigenvalue weighted by molar-refractivity contribution is 7.92. The molecule has 100 valence electrons. The van der Waals surface area contributed by atoms with Gasteiger partial charge in [-0.1, -0.05) is 6.07 Å². The van der Waals surface area contributed by atoms with Crippen LogP contribution >= 0.6 is 0 Å². The van der Waals surface area contributed by atoms with Gasteiger partial charge < -0.3 is 4.90 Å². The van der Waals surface area contributed by atoms with Crippen LogP contribution in [0, 0.1) is 0 Å². The van der Waals surface area contributed by atoms with Gasteiger partial charge in [-0.2, -0.15) is 0 Å². The van der Waals surface area contributed by atoms with E-state index in [1.54, 1.807) is 29.4 Å². The Bertz CT molecular complexity index is 625. The Hall–Kier alpha value is -1.69. The lowest BCUT2D eigenvalue weighted by Crippen LogP contribution is -2.43. The van der Waals surface area contributed by atoms with Crippen molar-refractivity contribution in [2.24, 2.45) is 0 Å². The molecule has 2 aliphatic rings. The zero-order valence-corrected chi connectivity index (χ0v) is 11.1. The van der Waals surface area contributed by atoms with Gasteiger partial charge in [-0.05, 0) is 24.1 Å². The number of rotatable bonds is 2. The maximum atomic E-state index is 12.0. The summed E-state index contributed by atoms with van der Waals surface area (Å²) in [4.78, 5) is 17.7. The molecule has 1 aromatic rings. The number of pyridine rings is 1. The fourth-order valence-electron chi connectivity index (χ4n) is 2.70. The van der Waals surface area contributed by atoms with Gasteiger partial charge in [0, 0.05) is 31.1 Å². The lowest BCUT2D eigenvalue weighted by molar-refractivity contribution is -0.126. The Morgan fingerprint density at radius 1 is 1.47 bits per heavy atom. The van der Waals surface area contributed by atoms with Crippen molar-refractivity contribution in [3.05, 3.63) is 36.2 Å². The van der Waals surface area contributed by atoms with E-state index in [1.807, 2.05) is 6.07 Å². The molecule has 0 unspecified atom stereocenters. The average molecular weight is 278 g/mol. The van der Waals surface area contributed by atoms with E-state index in [4.69, 9.17) is 0 Å². The topological polar surface area (TPSA) is 67.3 Å². The molecule has 1 aromatic heterocycles. The predicted molar refractivity (Wildman–Crippen MR) is 71.0 cm³/mol. The van der Waals surface area contributed by atoms with Gasteiger partial charge in [0.15, 0.2) is 9.84 Å². The summed E-state index contributed by atoms with van der Waals surface area (Å²) >= 11 is 0. The number of fused-ring (bicyclic) bond motifs is 2. The molecule has 6 heteroatoms. The van der Waals surface area contributed by atoms with Crippen LogP contribution < -0.4 is 0 Å². The monoisotopic (exact) mass is 278 g/mol. The maximum absolute atomic E-state index is 12.0. The quantitative estimate of drug-likeness (QED) is 0.739. The van der Waals surface area contributed by atoms with E-state index in [2.05, 4.69) is 4.98 Å². The van der Waals surface area contributed by atoms with Gasteiger partial charge in [-0.3, -0.25) is 9.78 Å². The largest absolute Gasteiger partial charge is 0.334 e. The third-order valence-electron chi connectivity index (χ3n) is 3.69. The Balaban J connectivity index is 1.69. The van der Waals surface area contributed by atoms with Crippen molar-refractivity contribution in [3.8, 4) is 0 Å². The van der Waals surface area contributed by atoms with E-state index in [0.29, 0.717) is 13.0 Å². The van der Waals surface area contributed by atoms with Crippen molar-refractivity contribution in [3.63, 3.8) is 0 Å². The molecule has 2 fully saturated rings. The van der Waals surface area contributed by atoms with Gasteiger partial charge in [-0.15, -0.1) is 0 Å². The molecule has 3 rings (SSSR count). The van der Waals surface area contributed by atoms with Crippen molar-refractivity contribution in [2.45, 2.75) is 17.7 Å². The average Bonchev–Trinajstić information content (AvgIpc) is 2.93. The van der Waals surface area contributed by atoms with Crippen molar-refractivity contribution in [1.82, 2.24) is 9.88 Å². The second kappa shape index (κ2) is 4.45. The molecule has 2 saturated heterocycles. The molecule has 19 heavy (non-hydrogen) atoms. The molecule has 0 aromatic carbocycles. The summed E-state index contributed by atoms with van der Waals surface area (Å²) in [6.45, 7) is 0.337. The highest BCUT2D eigenvalue weighted by atomic mass is 32.2. The second-order valence-corrected chi connectivity index (χ2v) is 7.28. The molecule has 2 atom stereocenters. The summed E-state index contributed by atoms with van der Waals surface area (Å²) in [7, 11) is -2.95. The molecule has 0 aliphatic carbocycles. The molecule has 0 saturated carbocycles. The number of sulfone groups is 1. The van der Waals surface area contributed by atoms with Crippen LogP contribution in [0.3, 0.4) is 0 Å². The zero-order chi connectivity index (χ0) is 13.5. The maximum Gasteiger partial charge on any atom is 0.246 e. The van der Waals surface area contributed by atoms with Crippen molar-refractivity contribution in [2.75, 3.05) is 12.3 Å². The molecule has 2 aliphatic heterocycles. The third kappa shape index (κ3) is 2.28. The minimum atomic E-state index is -2.95. The Labute approximate surface area is 111 Å². The Morgan fingerprint density at radius 3 is 2.89 bits per heavy atom. The van der Waals surface area contributed by atoms with Crippen LogP contribution in [0.5, 0.6) is 0 Å². The molecule has 0 radical (unpaired) electrons. The molecule has 0 N–H and O–H groups in total. The Kier molecular flexibility index (Phi) is 2.89. The lowest BCUT2D eigenvalue weighted by Gasteiger charge is -2.25. The smallest absolute Gasteiger partial charge is 0.246 e. The first kappa shape index (κ1) is 12.3.